The van der Waals surface area contributed by atoms with Crippen LogP contribution in [0.1, 0.15) is 65.0 Å². The first-order valence-corrected chi connectivity index (χ1v) is 8.63. The molecule has 1 heterocycles. The number of hydrogen-bond acceptors (Lipinski definition) is 2. The van der Waals surface area contributed by atoms with Gasteiger partial charge in [-0.2, -0.15) is 5.10 Å². The molecule has 120 valence electrons. The molecule has 1 saturated carbocycles. The molecular formula is C18H33N3. The van der Waals surface area contributed by atoms with Crippen LogP contribution < -0.4 is 5.32 Å². The lowest BCUT2D eigenvalue weighted by Crippen LogP contribution is -2.35. The SMILES string of the molecule is CCCn1nccc1C1CC(C(C)(C)C)CCC1CNC. The highest BCUT2D eigenvalue weighted by molar-refractivity contribution is 5.12. The maximum Gasteiger partial charge on any atom is 0.0492 e. The van der Waals surface area contributed by atoms with E-state index in [1.807, 2.05) is 6.20 Å². The van der Waals surface area contributed by atoms with Crippen LogP contribution in [0, 0.1) is 17.3 Å². The average molecular weight is 291 g/mol. The van der Waals surface area contributed by atoms with Gasteiger partial charge in [0.1, 0.15) is 0 Å². The molecule has 3 unspecified atom stereocenters. The number of nitrogens with zero attached hydrogens (tertiary/aromatic N) is 2. The van der Waals surface area contributed by atoms with Crippen molar-refractivity contribution in [3.63, 3.8) is 0 Å². The van der Waals surface area contributed by atoms with Gasteiger partial charge in [-0.05, 0) is 62.6 Å². The van der Waals surface area contributed by atoms with Crippen molar-refractivity contribution in [2.24, 2.45) is 17.3 Å². The summed E-state index contributed by atoms with van der Waals surface area (Å²) >= 11 is 0. The van der Waals surface area contributed by atoms with Gasteiger partial charge in [-0.3, -0.25) is 4.68 Å². The van der Waals surface area contributed by atoms with Crippen molar-refractivity contribution in [3.05, 3.63) is 18.0 Å². The van der Waals surface area contributed by atoms with Gasteiger partial charge in [-0.15, -0.1) is 0 Å². The third-order valence-electron chi connectivity index (χ3n) is 5.25. The molecule has 1 aromatic heterocycles. The second-order valence-electron chi connectivity index (χ2n) is 7.78. The van der Waals surface area contributed by atoms with Crippen molar-refractivity contribution < 1.29 is 0 Å². The highest BCUT2D eigenvalue weighted by atomic mass is 15.3. The zero-order valence-corrected chi connectivity index (χ0v) is 14.5. The van der Waals surface area contributed by atoms with E-state index in [-0.39, 0.29) is 0 Å². The van der Waals surface area contributed by atoms with Crippen LogP contribution >= 0.6 is 0 Å². The third kappa shape index (κ3) is 3.88. The van der Waals surface area contributed by atoms with Crippen molar-refractivity contribution in [1.82, 2.24) is 15.1 Å². The van der Waals surface area contributed by atoms with Crippen LogP contribution in [0.4, 0.5) is 0 Å². The summed E-state index contributed by atoms with van der Waals surface area (Å²) in [6.45, 7) is 11.6. The maximum absolute atomic E-state index is 4.56. The smallest absolute Gasteiger partial charge is 0.0492 e. The maximum atomic E-state index is 4.56. The summed E-state index contributed by atoms with van der Waals surface area (Å²) in [5.74, 6) is 2.23. The van der Waals surface area contributed by atoms with E-state index in [2.05, 4.69) is 55.9 Å². The van der Waals surface area contributed by atoms with Gasteiger partial charge in [0.05, 0.1) is 0 Å². The molecule has 21 heavy (non-hydrogen) atoms. The topological polar surface area (TPSA) is 29.9 Å². The van der Waals surface area contributed by atoms with Gasteiger partial charge < -0.3 is 5.32 Å². The fourth-order valence-corrected chi connectivity index (χ4v) is 3.95. The number of aryl methyl sites for hydroxylation is 1. The highest BCUT2D eigenvalue weighted by Crippen LogP contribution is 2.46. The molecule has 3 atom stereocenters. The van der Waals surface area contributed by atoms with Crippen LogP contribution in [0.2, 0.25) is 0 Å². The second-order valence-corrected chi connectivity index (χ2v) is 7.78. The Kier molecular flexibility index (Phi) is 5.48. The first kappa shape index (κ1) is 16.5. The molecule has 1 fully saturated rings. The predicted molar refractivity (Wildman–Crippen MR) is 89.5 cm³/mol. The standard InChI is InChI=1S/C18H33N3/c1-6-11-21-17(9-10-20-21)16-12-15(18(2,3)4)8-7-14(16)13-19-5/h9-10,14-16,19H,6-8,11-13H2,1-5H3. The summed E-state index contributed by atoms with van der Waals surface area (Å²) in [4.78, 5) is 0. The Morgan fingerprint density at radius 1 is 1.33 bits per heavy atom. The fourth-order valence-electron chi connectivity index (χ4n) is 3.95. The number of aromatic nitrogens is 2. The quantitative estimate of drug-likeness (QED) is 0.886. The van der Waals surface area contributed by atoms with E-state index < -0.39 is 0 Å². The molecule has 0 bridgehead atoms. The lowest BCUT2D eigenvalue weighted by Gasteiger charge is -2.42. The Morgan fingerprint density at radius 3 is 2.71 bits per heavy atom. The van der Waals surface area contributed by atoms with Crippen LogP contribution in [0.25, 0.3) is 0 Å². The number of hydrogen-bond donors (Lipinski definition) is 1. The Morgan fingerprint density at radius 2 is 2.10 bits per heavy atom. The second kappa shape index (κ2) is 6.95. The minimum Gasteiger partial charge on any atom is -0.319 e. The molecule has 0 aromatic carbocycles. The van der Waals surface area contributed by atoms with Crippen LogP contribution in [-0.2, 0) is 6.54 Å². The van der Waals surface area contributed by atoms with E-state index >= 15 is 0 Å². The molecule has 1 aromatic rings. The summed E-state index contributed by atoms with van der Waals surface area (Å²) < 4.78 is 2.25. The molecule has 1 N–H and O–H groups in total. The molecule has 0 spiro atoms. The van der Waals surface area contributed by atoms with Gasteiger partial charge in [-0.1, -0.05) is 27.7 Å². The van der Waals surface area contributed by atoms with E-state index in [1.165, 1.54) is 25.0 Å². The Hall–Kier alpha value is -0.830. The third-order valence-corrected chi connectivity index (χ3v) is 5.25. The van der Waals surface area contributed by atoms with Gasteiger partial charge in [0, 0.05) is 24.4 Å². The normalized spacial score (nSPS) is 27.0. The van der Waals surface area contributed by atoms with Crippen molar-refractivity contribution in [1.29, 1.82) is 0 Å². The molecule has 0 amide bonds. The van der Waals surface area contributed by atoms with Crippen molar-refractivity contribution >= 4 is 0 Å². The summed E-state index contributed by atoms with van der Waals surface area (Å²) in [6.07, 6.45) is 7.16. The average Bonchev–Trinajstić information content (AvgIpc) is 2.87. The van der Waals surface area contributed by atoms with Crippen LogP contribution in [0.15, 0.2) is 12.3 Å². The molecule has 3 nitrogen and oxygen atoms in total. The zero-order valence-electron chi connectivity index (χ0n) is 14.5. The monoisotopic (exact) mass is 291 g/mol. The van der Waals surface area contributed by atoms with Crippen molar-refractivity contribution in [2.75, 3.05) is 13.6 Å². The molecule has 3 heteroatoms. The molecule has 0 saturated heterocycles. The molecule has 2 rings (SSSR count). The Bertz CT molecular complexity index is 430. The van der Waals surface area contributed by atoms with E-state index in [1.54, 1.807) is 0 Å². The minimum atomic E-state index is 0.415. The van der Waals surface area contributed by atoms with Crippen LogP contribution in [-0.4, -0.2) is 23.4 Å². The van der Waals surface area contributed by atoms with Gasteiger partial charge in [0.25, 0.3) is 0 Å². The van der Waals surface area contributed by atoms with E-state index in [9.17, 15) is 0 Å². The molecule has 0 radical (unpaired) electrons. The predicted octanol–water partition coefficient (Wildman–Crippen LogP) is 4.06. The van der Waals surface area contributed by atoms with Crippen LogP contribution in [0.5, 0.6) is 0 Å². The van der Waals surface area contributed by atoms with E-state index in [0.717, 1.165) is 31.3 Å². The highest BCUT2D eigenvalue weighted by Gasteiger charge is 2.37. The van der Waals surface area contributed by atoms with Crippen LogP contribution in [0.3, 0.4) is 0 Å². The van der Waals surface area contributed by atoms with Gasteiger partial charge >= 0.3 is 0 Å². The molecule has 1 aliphatic carbocycles. The number of rotatable bonds is 5. The van der Waals surface area contributed by atoms with Gasteiger partial charge in [0.15, 0.2) is 0 Å². The summed E-state index contributed by atoms with van der Waals surface area (Å²) in [5, 5.41) is 7.96. The number of nitrogens with one attached hydrogen (secondary N) is 1. The Balaban J connectivity index is 2.23. The summed E-state index contributed by atoms with van der Waals surface area (Å²) in [5.41, 5.74) is 1.88. The largest absolute Gasteiger partial charge is 0.319 e. The van der Waals surface area contributed by atoms with E-state index in [0.29, 0.717) is 11.3 Å². The van der Waals surface area contributed by atoms with Crippen molar-refractivity contribution in [2.45, 2.75) is 65.8 Å². The first-order valence-electron chi connectivity index (χ1n) is 8.63. The molecule has 1 aliphatic rings. The first-order chi connectivity index (χ1) is 9.97. The fraction of sp³-hybridized carbons (Fsp3) is 0.833. The van der Waals surface area contributed by atoms with Gasteiger partial charge in [0.2, 0.25) is 0 Å². The molecule has 0 aliphatic heterocycles. The zero-order chi connectivity index (χ0) is 15.5. The minimum absolute atomic E-state index is 0.415. The lowest BCUT2D eigenvalue weighted by atomic mass is 9.64. The Labute approximate surface area is 130 Å². The summed E-state index contributed by atoms with van der Waals surface area (Å²) in [6, 6.07) is 2.26. The lowest BCUT2D eigenvalue weighted by molar-refractivity contribution is 0.127. The summed E-state index contributed by atoms with van der Waals surface area (Å²) in [7, 11) is 2.08. The van der Waals surface area contributed by atoms with Gasteiger partial charge in [-0.25, -0.2) is 0 Å². The molecular weight excluding hydrogens is 258 g/mol. The van der Waals surface area contributed by atoms with Crippen molar-refractivity contribution in [3.8, 4) is 0 Å². The van der Waals surface area contributed by atoms with E-state index in [4.69, 9.17) is 0 Å².